The molecule has 0 aliphatic rings. The third-order valence-corrected chi connectivity index (χ3v) is 3.19. The van der Waals surface area contributed by atoms with E-state index in [9.17, 15) is 10.1 Å². The largest absolute Gasteiger partial charge is 0.356 e. The average molecular weight is 436 g/mol. The van der Waals surface area contributed by atoms with Crippen LogP contribution in [0.4, 0.5) is 5.69 Å². The molecule has 8 heteroatoms. The number of hydrogen-bond donors (Lipinski definition) is 2. The van der Waals surface area contributed by atoms with Crippen LogP contribution in [0.3, 0.4) is 0 Å². The van der Waals surface area contributed by atoms with Crippen molar-refractivity contribution < 1.29 is 4.92 Å². The second-order valence-corrected chi connectivity index (χ2v) is 5.16. The van der Waals surface area contributed by atoms with Crippen LogP contribution in [0.15, 0.2) is 41.9 Å². The van der Waals surface area contributed by atoms with Gasteiger partial charge in [0.1, 0.15) is 0 Å². The fourth-order valence-corrected chi connectivity index (χ4v) is 1.81. The molecule has 6 nitrogen and oxygen atoms in total. The van der Waals surface area contributed by atoms with Gasteiger partial charge in [-0.05, 0) is 11.8 Å². The summed E-state index contributed by atoms with van der Waals surface area (Å²) in [5.74, 6) is 1.70. The topological polar surface area (TPSA) is 79.6 Å². The first-order valence-electron chi connectivity index (χ1n) is 6.52. The van der Waals surface area contributed by atoms with Gasteiger partial charge in [-0.2, -0.15) is 11.8 Å². The Morgan fingerprint density at radius 1 is 1.41 bits per heavy atom. The fraction of sp³-hybridized carbons (Fsp3) is 0.357. The number of halogens is 1. The minimum Gasteiger partial charge on any atom is -0.356 e. The number of rotatable bonds is 8. The standard InChI is InChI=1S/C14H20N4O2S.HI/c1-3-8-15-14(16-9-10-21-2)17-11-12-4-6-13(7-5-12)18(19)20;/h3-7H,1,8-11H2,2H3,(H2,15,16,17);1H. The van der Waals surface area contributed by atoms with Gasteiger partial charge in [0.15, 0.2) is 5.96 Å². The van der Waals surface area contributed by atoms with Crippen molar-refractivity contribution in [2.75, 3.05) is 25.1 Å². The molecule has 1 aromatic rings. The molecule has 22 heavy (non-hydrogen) atoms. The Morgan fingerprint density at radius 2 is 2.09 bits per heavy atom. The van der Waals surface area contributed by atoms with Gasteiger partial charge in [0, 0.05) is 31.0 Å². The van der Waals surface area contributed by atoms with Crippen LogP contribution in [-0.4, -0.2) is 36.0 Å². The molecule has 0 radical (unpaired) electrons. The molecule has 122 valence electrons. The third kappa shape index (κ3) is 8.23. The first-order valence-corrected chi connectivity index (χ1v) is 7.92. The first-order chi connectivity index (χ1) is 10.2. The van der Waals surface area contributed by atoms with Gasteiger partial charge in [-0.1, -0.05) is 18.2 Å². The summed E-state index contributed by atoms with van der Waals surface area (Å²) in [6, 6.07) is 6.41. The predicted octanol–water partition coefficient (Wildman–Crippen LogP) is 2.80. The van der Waals surface area contributed by atoms with Crippen molar-refractivity contribution in [1.29, 1.82) is 0 Å². The number of guanidine groups is 1. The van der Waals surface area contributed by atoms with Gasteiger partial charge < -0.3 is 10.6 Å². The molecule has 0 saturated carbocycles. The van der Waals surface area contributed by atoms with Gasteiger partial charge in [0.2, 0.25) is 0 Å². The van der Waals surface area contributed by atoms with Crippen molar-refractivity contribution in [3.8, 4) is 0 Å². The lowest BCUT2D eigenvalue weighted by Crippen LogP contribution is -2.38. The second kappa shape index (κ2) is 12.3. The summed E-state index contributed by atoms with van der Waals surface area (Å²) in [5, 5.41) is 16.9. The van der Waals surface area contributed by atoms with E-state index < -0.39 is 4.92 Å². The number of aliphatic imine (C=N–C) groups is 1. The number of nitrogens with one attached hydrogen (secondary N) is 2. The minimum atomic E-state index is -0.409. The smallest absolute Gasteiger partial charge is 0.269 e. The Morgan fingerprint density at radius 3 is 2.64 bits per heavy atom. The highest BCUT2D eigenvalue weighted by atomic mass is 127. The zero-order valence-electron chi connectivity index (χ0n) is 12.4. The zero-order chi connectivity index (χ0) is 15.5. The molecule has 0 aliphatic carbocycles. The molecule has 0 atom stereocenters. The Labute approximate surface area is 152 Å². The van der Waals surface area contributed by atoms with Crippen molar-refractivity contribution in [1.82, 2.24) is 10.6 Å². The monoisotopic (exact) mass is 436 g/mol. The normalized spacial score (nSPS) is 10.5. The number of nitro groups is 1. The van der Waals surface area contributed by atoms with Crippen molar-refractivity contribution in [2.24, 2.45) is 4.99 Å². The molecular weight excluding hydrogens is 415 g/mol. The van der Waals surface area contributed by atoms with Crippen LogP contribution in [0, 0.1) is 10.1 Å². The van der Waals surface area contributed by atoms with Crippen LogP contribution in [-0.2, 0) is 6.54 Å². The van der Waals surface area contributed by atoms with Gasteiger partial charge >= 0.3 is 0 Å². The number of thioether (sulfide) groups is 1. The Balaban J connectivity index is 0.00000441. The summed E-state index contributed by atoms with van der Waals surface area (Å²) < 4.78 is 0. The summed E-state index contributed by atoms with van der Waals surface area (Å²) in [7, 11) is 0. The van der Waals surface area contributed by atoms with Gasteiger partial charge in [-0.15, -0.1) is 30.6 Å². The minimum absolute atomic E-state index is 0. The van der Waals surface area contributed by atoms with Gasteiger partial charge in [-0.25, -0.2) is 4.99 Å². The molecule has 2 N–H and O–H groups in total. The molecular formula is C14H21IN4O2S. The van der Waals surface area contributed by atoms with E-state index in [1.54, 1.807) is 30.0 Å². The molecule has 0 bridgehead atoms. The van der Waals surface area contributed by atoms with Crippen molar-refractivity contribution in [3.05, 3.63) is 52.6 Å². The summed E-state index contributed by atoms with van der Waals surface area (Å²) in [4.78, 5) is 14.6. The molecule has 0 heterocycles. The maximum atomic E-state index is 10.6. The van der Waals surface area contributed by atoms with E-state index in [0.29, 0.717) is 19.0 Å². The molecule has 0 fully saturated rings. The number of non-ortho nitro benzene ring substituents is 1. The van der Waals surface area contributed by atoms with E-state index >= 15 is 0 Å². The Hall–Kier alpha value is -1.29. The Bertz CT molecular complexity index is 494. The van der Waals surface area contributed by atoms with Gasteiger partial charge in [0.25, 0.3) is 5.69 Å². The quantitative estimate of drug-likeness (QED) is 0.125. The zero-order valence-corrected chi connectivity index (χ0v) is 15.6. The summed E-state index contributed by atoms with van der Waals surface area (Å²) in [5.41, 5.74) is 1.01. The van der Waals surface area contributed by atoms with Gasteiger partial charge in [0.05, 0.1) is 11.5 Å². The maximum Gasteiger partial charge on any atom is 0.269 e. The number of benzene rings is 1. The molecule has 0 amide bonds. The molecule has 0 aliphatic heterocycles. The molecule has 1 aromatic carbocycles. The summed E-state index contributed by atoms with van der Waals surface area (Å²) in [6.45, 7) is 5.58. The molecule has 0 unspecified atom stereocenters. The fourth-order valence-electron chi connectivity index (χ4n) is 1.51. The SMILES string of the molecule is C=CCNC(=NCc1ccc([N+](=O)[O-])cc1)NCCSC.I. The van der Waals surface area contributed by atoms with Crippen LogP contribution >= 0.6 is 35.7 Å². The van der Waals surface area contributed by atoms with E-state index in [4.69, 9.17) is 0 Å². The van der Waals surface area contributed by atoms with E-state index in [-0.39, 0.29) is 29.7 Å². The summed E-state index contributed by atoms with van der Waals surface area (Å²) in [6.07, 6.45) is 3.81. The van der Waals surface area contributed by atoms with Crippen LogP contribution in [0.2, 0.25) is 0 Å². The number of nitrogens with zero attached hydrogens (tertiary/aromatic N) is 2. The van der Waals surface area contributed by atoms with E-state index in [0.717, 1.165) is 17.9 Å². The number of hydrogen-bond acceptors (Lipinski definition) is 4. The number of nitro benzene ring substituents is 1. The molecule has 0 spiro atoms. The lowest BCUT2D eigenvalue weighted by molar-refractivity contribution is -0.384. The van der Waals surface area contributed by atoms with Crippen molar-refractivity contribution in [2.45, 2.75) is 6.54 Å². The molecule has 1 rings (SSSR count). The first kappa shape index (κ1) is 20.7. The average Bonchev–Trinajstić information content (AvgIpc) is 2.50. The Kier molecular flexibility index (Phi) is 11.6. The highest BCUT2D eigenvalue weighted by molar-refractivity contribution is 14.0. The van der Waals surface area contributed by atoms with E-state index in [1.165, 1.54) is 12.1 Å². The van der Waals surface area contributed by atoms with Crippen LogP contribution in [0.25, 0.3) is 0 Å². The second-order valence-electron chi connectivity index (χ2n) is 4.18. The molecule has 0 saturated heterocycles. The van der Waals surface area contributed by atoms with E-state index in [1.807, 2.05) is 6.26 Å². The lowest BCUT2D eigenvalue weighted by Gasteiger charge is -2.10. The van der Waals surface area contributed by atoms with Crippen LogP contribution in [0.1, 0.15) is 5.56 Å². The van der Waals surface area contributed by atoms with E-state index in [2.05, 4.69) is 22.2 Å². The lowest BCUT2D eigenvalue weighted by atomic mass is 10.2. The summed E-state index contributed by atoms with van der Waals surface area (Å²) >= 11 is 1.76. The van der Waals surface area contributed by atoms with Crippen molar-refractivity contribution >= 4 is 47.4 Å². The maximum absolute atomic E-state index is 10.6. The van der Waals surface area contributed by atoms with Gasteiger partial charge in [-0.3, -0.25) is 10.1 Å². The van der Waals surface area contributed by atoms with Crippen LogP contribution < -0.4 is 10.6 Å². The predicted molar refractivity (Wildman–Crippen MR) is 104 cm³/mol. The van der Waals surface area contributed by atoms with Crippen molar-refractivity contribution in [3.63, 3.8) is 0 Å². The highest BCUT2D eigenvalue weighted by Crippen LogP contribution is 2.12. The third-order valence-electron chi connectivity index (χ3n) is 2.58. The molecule has 0 aromatic heterocycles. The van der Waals surface area contributed by atoms with Crippen LogP contribution in [0.5, 0.6) is 0 Å². The highest BCUT2D eigenvalue weighted by Gasteiger charge is 2.03.